The minimum Gasteiger partial charge on any atom is -0.494 e. The van der Waals surface area contributed by atoms with Crippen molar-refractivity contribution in [1.82, 2.24) is 4.98 Å². The Morgan fingerprint density at radius 3 is 2.89 bits per heavy atom. The summed E-state index contributed by atoms with van der Waals surface area (Å²) in [6.07, 6.45) is 0. The van der Waals surface area contributed by atoms with Crippen molar-refractivity contribution >= 4 is 28.6 Å². The van der Waals surface area contributed by atoms with Crippen molar-refractivity contribution in [1.29, 1.82) is 0 Å². The van der Waals surface area contributed by atoms with E-state index in [2.05, 4.69) is 15.7 Å². The summed E-state index contributed by atoms with van der Waals surface area (Å²) < 4.78 is 5.53. The monoisotopic (exact) mass is 296 g/mol. The summed E-state index contributed by atoms with van der Waals surface area (Å²) >= 11 is 7.61. The zero-order valence-electron chi connectivity index (χ0n) is 11.1. The van der Waals surface area contributed by atoms with Gasteiger partial charge in [0.25, 0.3) is 0 Å². The Bertz CT molecular complexity index is 542. The zero-order chi connectivity index (χ0) is 13.7. The SMILES string of the molecule is CCOc1ccc(NCc2nc(C)cs2)cc1CCl. The Balaban J connectivity index is 2.04. The van der Waals surface area contributed by atoms with E-state index in [-0.39, 0.29) is 0 Å². The van der Waals surface area contributed by atoms with Crippen LogP contribution in [-0.4, -0.2) is 11.6 Å². The molecule has 2 aromatic rings. The fraction of sp³-hybridized carbons (Fsp3) is 0.357. The first-order valence-corrected chi connectivity index (χ1v) is 7.61. The number of benzene rings is 1. The maximum absolute atomic E-state index is 5.94. The van der Waals surface area contributed by atoms with E-state index in [1.165, 1.54) is 0 Å². The lowest BCUT2D eigenvalue weighted by Crippen LogP contribution is -2.01. The van der Waals surface area contributed by atoms with Crippen LogP contribution in [0, 0.1) is 6.92 Å². The molecular weight excluding hydrogens is 280 g/mol. The smallest absolute Gasteiger partial charge is 0.123 e. The van der Waals surface area contributed by atoms with Crippen molar-refractivity contribution in [3.05, 3.63) is 39.8 Å². The molecule has 2 rings (SSSR count). The Labute approximate surface area is 122 Å². The van der Waals surface area contributed by atoms with Gasteiger partial charge in [0.2, 0.25) is 0 Å². The first kappa shape index (κ1) is 14.2. The lowest BCUT2D eigenvalue weighted by molar-refractivity contribution is 0.337. The van der Waals surface area contributed by atoms with Crippen LogP contribution in [0.3, 0.4) is 0 Å². The first-order chi connectivity index (χ1) is 9.22. The Morgan fingerprint density at radius 1 is 1.42 bits per heavy atom. The van der Waals surface area contributed by atoms with E-state index in [1.54, 1.807) is 11.3 Å². The van der Waals surface area contributed by atoms with Gasteiger partial charge >= 0.3 is 0 Å². The van der Waals surface area contributed by atoms with E-state index in [4.69, 9.17) is 16.3 Å². The molecule has 0 aliphatic rings. The molecule has 0 spiro atoms. The lowest BCUT2D eigenvalue weighted by atomic mass is 10.2. The van der Waals surface area contributed by atoms with Crippen LogP contribution in [0.15, 0.2) is 23.6 Å². The average Bonchev–Trinajstić information content (AvgIpc) is 2.83. The molecule has 5 heteroatoms. The molecule has 0 bridgehead atoms. The number of anilines is 1. The van der Waals surface area contributed by atoms with E-state index in [0.29, 0.717) is 12.5 Å². The number of alkyl halides is 1. The van der Waals surface area contributed by atoms with Crippen molar-refractivity contribution in [2.75, 3.05) is 11.9 Å². The van der Waals surface area contributed by atoms with Crippen LogP contribution in [0.4, 0.5) is 5.69 Å². The number of nitrogens with one attached hydrogen (secondary N) is 1. The third-order valence-electron chi connectivity index (χ3n) is 2.61. The minimum absolute atomic E-state index is 0.446. The van der Waals surface area contributed by atoms with E-state index in [1.807, 2.05) is 32.0 Å². The van der Waals surface area contributed by atoms with Gasteiger partial charge in [-0.1, -0.05) is 0 Å². The minimum atomic E-state index is 0.446. The van der Waals surface area contributed by atoms with E-state index in [9.17, 15) is 0 Å². The highest BCUT2D eigenvalue weighted by Gasteiger charge is 2.05. The summed E-state index contributed by atoms with van der Waals surface area (Å²) in [5.41, 5.74) is 3.10. The summed E-state index contributed by atoms with van der Waals surface area (Å²) in [4.78, 5) is 4.42. The molecule has 1 heterocycles. The third kappa shape index (κ3) is 3.85. The molecule has 0 radical (unpaired) electrons. The summed E-state index contributed by atoms with van der Waals surface area (Å²) in [6, 6.07) is 5.98. The number of rotatable bonds is 6. The zero-order valence-corrected chi connectivity index (χ0v) is 12.6. The second-order valence-electron chi connectivity index (χ2n) is 4.13. The molecule has 3 nitrogen and oxygen atoms in total. The molecule has 0 unspecified atom stereocenters. The van der Waals surface area contributed by atoms with Crippen molar-refractivity contribution in [3.8, 4) is 5.75 Å². The van der Waals surface area contributed by atoms with Gasteiger partial charge in [0.05, 0.1) is 19.0 Å². The van der Waals surface area contributed by atoms with Crippen LogP contribution in [-0.2, 0) is 12.4 Å². The van der Waals surface area contributed by atoms with Crippen molar-refractivity contribution in [2.24, 2.45) is 0 Å². The van der Waals surface area contributed by atoms with Gasteiger partial charge in [-0.2, -0.15) is 0 Å². The second-order valence-corrected chi connectivity index (χ2v) is 5.34. The number of aromatic nitrogens is 1. The maximum atomic E-state index is 5.94. The maximum Gasteiger partial charge on any atom is 0.123 e. The van der Waals surface area contributed by atoms with E-state index >= 15 is 0 Å². The molecule has 0 saturated heterocycles. The fourth-order valence-electron chi connectivity index (χ4n) is 1.75. The van der Waals surface area contributed by atoms with Crippen LogP contribution in [0.2, 0.25) is 0 Å². The van der Waals surface area contributed by atoms with Crippen LogP contribution >= 0.6 is 22.9 Å². The topological polar surface area (TPSA) is 34.1 Å². The summed E-state index contributed by atoms with van der Waals surface area (Å²) in [5.74, 6) is 1.30. The number of thiazole rings is 1. The highest BCUT2D eigenvalue weighted by atomic mass is 35.5. The van der Waals surface area contributed by atoms with Crippen LogP contribution in [0.5, 0.6) is 5.75 Å². The summed E-state index contributed by atoms with van der Waals surface area (Å²) in [7, 11) is 0. The average molecular weight is 297 g/mol. The van der Waals surface area contributed by atoms with Crippen molar-refractivity contribution in [3.63, 3.8) is 0 Å². The molecule has 0 aliphatic heterocycles. The Morgan fingerprint density at radius 2 is 2.26 bits per heavy atom. The molecule has 1 N–H and O–H groups in total. The molecule has 0 fully saturated rings. The summed E-state index contributed by atoms with van der Waals surface area (Å²) in [5, 5.41) is 6.49. The number of aryl methyl sites for hydroxylation is 1. The largest absolute Gasteiger partial charge is 0.494 e. The quantitative estimate of drug-likeness (QED) is 0.811. The van der Waals surface area contributed by atoms with Crippen LogP contribution in [0.1, 0.15) is 23.2 Å². The van der Waals surface area contributed by atoms with Crippen LogP contribution in [0.25, 0.3) is 0 Å². The molecule has 19 heavy (non-hydrogen) atoms. The van der Waals surface area contributed by atoms with Crippen LogP contribution < -0.4 is 10.1 Å². The molecule has 1 aromatic heterocycles. The van der Waals surface area contributed by atoms with E-state index in [0.717, 1.165) is 34.2 Å². The van der Waals surface area contributed by atoms with E-state index < -0.39 is 0 Å². The molecule has 0 atom stereocenters. The lowest BCUT2D eigenvalue weighted by Gasteiger charge is -2.11. The molecule has 102 valence electrons. The third-order valence-corrected chi connectivity index (χ3v) is 3.87. The number of halogens is 1. The standard InChI is InChI=1S/C14H17ClN2OS/c1-3-18-13-5-4-12(6-11(13)7-15)16-8-14-17-10(2)9-19-14/h4-6,9,16H,3,7-8H2,1-2H3. The van der Waals surface area contributed by atoms with Gasteiger partial charge in [-0.05, 0) is 32.0 Å². The van der Waals surface area contributed by atoms with Crippen molar-refractivity contribution < 1.29 is 4.74 Å². The molecule has 0 aliphatic carbocycles. The number of hydrogen-bond donors (Lipinski definition) is 1. The fourth-order valence-corrected chi connectivity index (χ4v) is 2.67. The molecule has 0 amide bonds. The van der Waals surface area contributed by atoms with Crippen molar-refractivity contribution in [2.45, 2.75) is 26.3 Å². The predicted octanol–water partition coefficient (Wildman–Crippen LogP) is 4.20. The second kappa shape index (κ2) is 6.78. The van der Waals surface area contributed by atoms with Gasteiger partial charge in [0.15, 0.2) is 0 Å². The number of nitrogens with zero attached hydrogens (tertiary/aromatic N) is 1. The Hall–Kier alpha value is -1.26. The highest BCUT2D eigenvalue weighted by molar-refractivity contribution is 7.09. The number of ether oxygens (including phenoxy) is 1. The predicted molar refractivity (Wildman–Crippen MR) is 81.3 cm³/mol. The summed E-state index contributed by atoms with van der Waals surface area (Å²) in [6.45, 7) is 5.35. The van der Waals surface area contributed by atoms with Gasteiger partial charge in [0.1, 0.15) is 10.8 Å². The molecule has 1 aromatic carbocycles. The number of hydrogen-bond acceptors (Lipinski definition) is 4. The molecular formula is C14H17ClN2OS. The van der Waals surface area contributed by atoms with Gasteiger partial charge in [-0.15, -0.1) is 22.9 Å². The van der Waals surface area contributed by atoms with Gasteiger partial charge in [-0.3, -0.25) is 0 Å². The van der Waals surface area contributed by atoms with Gasteiger partial charge < -0.3 is 10.1 Å². The van der Waals surface area contributed by atoms with Gasteiger partial charge in [-0.25, -0.2) is 4.98 Å². The Kier molecular flexibility index (Phi) is 5.05. The van der Waals surface area contributed by atoms with Gasteiger partial charge in [0, 0.05) is 22.3 Å². The normalized spacial score (nSPS) is 10.5. The molecule has 0 saturated carbocycles. The first-order valence-electron chi connectivity index (χ1n) is 6.19. The highest BCUT2D eigenvalue weighted by Crippen LogP contribution is 2.25.